The summed E-state index contributed by atoms with van der Waals surface area (Å²) in [4.78, 5) is 26.0. The van der Waals surface area contributed by atoms with Crippen LogP contribution in [0.4, 0.5) is 17.1 Å². The highest BCUT2D eigenvalue weighted by molar-refractivity contribution is 5.93. The van der Waals surface area contributed by atoms with Gasteiger partial charge in [0.05, 0.1) is 0 Å². The van der Waals surface area contributed by atoms with Gasteiger partial charge in [0.15, 0.2) is 0 Å². The molecule has 2 aliphatic rings. The molecule has 1 aromatic carbocycles. The first-order valence-corrected chi connectivity index (χ1v) is 10.3. The second kappa shape index (κ2) is 8.80. The third-order valence-electron chi connectivity index (χ3n) is 5.79. The molecule has 29 heavy (non-hydrogen) atoms. The zero-order valence-corrected chi connectivity index (χ0v) is 17.3. The lowest BCUT2D eigenvalue weighted by molar-refractivity contribution is 0.0658. The van der Waals surface area contributed by atoms with Gasteiger partial charge in [0.25, 0.3) is 5.91 Å². The summed E-state index contributed by atoms with van der Waals surface area (Å²) in [5.41, 5.74) is 3.63. The van der Waals surface area contributed by atoms with Gasteiger partial charge >= 0.3 is 0 Å². The molecule has 0 saturated carbocycles. The van der Waals surface area contributed by atoms with Crippen LogP contribution in [0.5, 0.6) is 0 Å². The zero-order chi connectivity index (χ0) is 20.2. The van der Waals surface area contributed by atoms with E-state index in [1.807, 2.05) is 17.0 Å². The third kappa shape index (κ3) is 4.86. The Morgan fingerprint density at radius 2 is 1.45 bits per heavy atom. The summed E-state index contributed by atoms with van der Waals surface area (Å²) in [5, 5.41) is 3.40. The molecule has 4 rings (SSSR count). The van der Waals surface area contributed by atoms with Gasteiger partial charge in [0.1, 0.15) is 5.69 Å². The lowest BCUT2D eigenvalue weighted by Gasteiger charge is -2.34. The van der Waals surface area contributed by atoms with Crippen molar-refractivity contribution < 1.29 is 4.79 Å². The van der Waals surface area contributed by atoms with Crippen LogP contribution < -0.4 is 10.2 Å². The van der Waals surface area contributed by atoms with E-state index in [4.69, 9.17) is 0 Å². The van der Waals surface area contributed by atoms with E-state index in [-0.39, 0.29) is 5.91 Å². The van der Waals surface area contributed by atoms with E-state index in [2.05, 4.69) is 63.4 Å². The molecule has 7 heteroatoms. The number of carbonyl (C=O) groups is 1. The minimum atomic E-state index is 0.00663. The molecule has 2 aromatic rings. The van der Waals surface area contributed by atoms with Crippen molar-refractivity contribution in [2.45, 2.75) is 0 Å². The maximum Gasteiger partial charge on any atom is 0.272 e. The molecule has 2 saturated heterocycles. The number of hydrogen-bond donors (Lipinski definition) is 1. The highest BCUT2D eigenvalue weighted by Gasteiger charge is 2.21. The van der Waals surface area contributed by atoms with Crippen molar-refractivity contribution in [3.05, 3.63) is 48.3 Å². The van der Waals surface area contributed by atoms with Crippen molar-refractivity contribution in [2.75, 3.05) is 76.7 Å². The number of rotatable bonds is 4. The molecule has 0 radical (unpaired) electrons. The Labute approximate surface area is 172 Å². The van der Waals surface area contributed by atoms with Crippen LogP contribution in [0.1, 0.15) is 10.5 Å². The van der Waals surface area contributed by atoms with Crippen molar-refractivity contribution >= 4 is 23.0 Å². The number of pyridine rings is 1. The number of likely N-dealkylation sites (N-methyl/N-ethyl adjacent to an activating group) is 2. The first-order valence-electron chi connectivity index (χ1n) is 10.3. The maximum atomic E-state index is 12.8. The monoisotopic (exact) mass is 394 g/mol. The molecular formula is C22H30N6O. The number of carbonyl (C=O) groups excluding carboxylic acids is 1. The first-order chi connectivity index (χ1) is 14.1. The van der Waals surface area contributed by atoms with Crippen LogP contribution in [0.25, 0.3) is 0 Å². The SMILES string of the molecule is CN1CCN(C(=O)c2cc(Nc3ccc(N4CCN(C)CC4)cc3)ccn2)CC1. The summed E-state index contributed by atoms with van der Waals surface area (Å²) in [6, 6.07) is 12.2. The molecule has 1 aromatic heterocycles. The Kier molecular flexibility index (Phi) is 5.97. The Hall–Kier alpha value is -2.64. The predicted molar refractivity (Wildman–Crippen MR) is 117 cm³/mol. The van der Waals surface area contributed by atoms with E-state index < -0.39 is 0 Å². The molecule has 7 nitrogen and oxygen atoms in total. The van der Waals surface area contributed by atoms with Gasteiger partial charge in [-0.3, -0.25) is 9.78 Å². The van der Waals surface area contributed by atoms with Crippen LogP contribution in [-0.2, 0) is 0 Å². The smallest absolute Gasteiger partial charge is 0.272 e. The molecule has 1 amide bonds. The average Bonchev–Trinajstić information content (AvgIpc) is 2.75. The van der Waals surface area contributed by atoms with E-state index in [0.29, 0.717) is 5.69 Å². The second-order valence-corrected chi connectivity index (χ2v) is 7.99. The Morgan fingerprint density at radius 1 is 0.828 bits per heavy atom. The van der Waals surface area contributed by atoms with Crippen molar-refractivity contribution in [3.63, 3.8) is 0 Å². The molecule has 0 aliphatic carbocycles. The Bertz CT molecular complexity index is 823. The molecular weight excluding hydrogens is 364 g/mol. The van der Waals surface area contributed by atoms with Gasteiger partial charge in [-0.2, -0.15) is 0 Å². The third-order valence-corrected chi connectivity index (χ3v) is 5.79. The van der Waals surface area contributed by atoms with Crippen LogP contribution in [0.2, 0.25) is 0 Å². The molecule has 0 atom stereocenters. The largest absolute Gasteiger partial charge is 0.369 e. The van der Waals surface area contributed by atoms with E-state index >= 15 is 0 Å². The minimum Gasteiger partial charge on any atom is -0.369 e. The highest BCUT2D eigenvalue weighted by Crippen LogP contribution is 2.22. The number of anilines is 3. The summed E-state index contributed by atoms with van der Waals surface area (Å²) < 4.78 is 0. The normalized spacial score (nSPS) is 18.7. The van der Waals surface area contributed by atoms with Gasteiger partial charge < -0.3 is 24.9 Å². The molecule has 3 heterocycles. The molecule has 0 spiro atoms. The topological polar surface area (TPSA) is 55.0 Å². The predicted octanol–water partition coefficient (Wildman–Crippen LogP) is 1.96. The standard InChI is InChI=1S/C22H30N6O/c1-25-9-13-27(14-10-25)20-5-3-18(4-6-20)24-19-7-8-23-21(17-19)22(29)28-15-11-26(2)12-16-28/h3-8,17H,9-16H2,1-2H3,(H,23,24). The molecule has 154 valence electrons. The summed E-state index contributed by atoms with van der Waals surface area (Å²) >= 11 is 0. The lowest BCUT2D eigenvalue weighted by Crippen LogP contribution is -2.47. The molecule has 2 aliphatic heterocycles. The molecule has 0 bridgehead atoms. The van der Waals surface area contributed by atoms with Crippen LogP contribution in [0.15, 0.2) is 42.6 Å². The maximum absolute atomic E-state index is 12.8. The number of benzene rings is 1. The van der Waals surface area contributed by atoms with Gasteiger partial charge in [0.2, 0.25) is 0 Å². The van der Waals surface area contributed by atoms with Gasteiger partial charge in [-0.1, -0.05) is 0 Å². The van der Waals surface area contributed by atoms with Crippen molar-refractivity contribution in [1.29, 1.82) is 0 Å². The average molecular weight is 395 g/mol. The highest BCUT2D eigenvalue weighted by atomic mass is 16.2. The number of amides is 1. The minimum absolute atomic E-state index is 0.00663. The number of aromatic nitrogens is 1. The quantitative estimate of drug-likeness (QED) is 0.856. The molecule has 1 N–H and O–H groups in total. The van der Waals surface area contributed by atoms with Crippen LogP contribution in [0.3, 0.4) is 0 Å². The second-order valence-electron chi connectivity index (χ2n) is 7.99. The van der Waals surface area contributed by atoms with Gasteiger partial charge in [-0.05, 0) is 50.5 Å². The lowest BCUT2D eigenvalue weighted by atomic mass is 10.2. The number of hydrogen-bond acceptors (Lipinski definition) is 6. The van der Waals surface area contributed by atoms with Gasteiger partial charge in [0, 0.05) is 75.6 Å². The van der Waals surface area contributed by atoms with Crippen molar-refractivity contribution in [1.82, 2.24) is 19.7 Å². The van der Waals surface area contributed by atoms with Crippen molar-refractivity contribution in [3.8, 4) is 0 Å². The number of nitrogens with one attached hydrogen (secondary N) is 1. The van der Waals surface area contributed by atoms with Gasteiger partial charge in [-0.15, -0.1) is 0 Å². The molecule has 2 fully saturated rings. The summed E-state index contributed by atoms with van der Waals surface area (Å²) in [6.45, 7) is 7.64. The summed E-state index contributed by atoms with van der Waals surface area (Å²) in [7, 11) is 4.25. The Morgan fingerprint density at radius 3 is 2.10 bits per heavy atom. The van der Waals surface area contributed by atoms with E-state index in [1.165, 1.54) is 5.69 Å². The fourth-order valence-electron chi connectivity index (χ4n) is 3.78. The number of nitrogens with zero attached hydrogens (tertiary/aromatic N) is 5. The van der Waals surface area contributed by atoms with Gasteiger partial charge in [-0.25, -0.2) is 0 Å². The van der Waals surface area contributed by atoms with E-state index in [0.717, 1.165) is 63.7 Å². The van der Waals surface area contributed by atoms with E-state index in [1.54, 1.807) is 6.20 Å². The Balaban J connectivity index is 1.39. The first kappa shape index (κ1) is 19.7. The summed E-state index contributed by atoms with van der Waals surface area (Å²) in [6.07, 6.45) is 1.70. The number of piperazine rings is 2. The van der Waals surface area contributed by atoms with Crippen molar-refractivity contribution in [2.24, 2.45) is 0 Å². The fraction of sp³-hybridized carbons (Fsp3) is 0.455. The van der Waals surface area contributed by atoms with Crippen LogP contribution >= 0.6 is 0 Å². The van der Waals surface area contributed by atoms with Crippen LogP contribution in [0, 0.1) is 0 Å². The molecule has 0 unspecified atom stereocenters. The fourth-order valence-corrected chi connectivity index (χ4v) is 3.78. The summed E-state index contributed by atoms with van der Waals surface area (Å²) in [5.74, 6) is 0.00663. The van der Waals surface area contributed by atoms with Crippen LogP contribution in [-0.4, -0.2) is 92.0 Å². The van der Waals surface area contributed by atoms with E-state index in [9.17, 15) is 4.79 Å². The zero-order valence-electron chi connectivity index (χ0n) is 17.3.